The fourth-order valence-corrected chi connectivity index (χ4v) is 1.24. The average molecular weight is 204 g/mol. The molecule has 2 atom stereocenters. The smallest absolute Gasteiger partial charge is 0.221 e. The molecule has 5 nitrogen and oxygen atoms in total. The van der Waals surface area contributed by atoms with E-state index in [-0.39, 0.29) is 11.8 Å². The quantitative estimate of drug-likeness (QED) is 0.560. The van der Waals surface area contributed by atoms with Gasteiger partial charge in [0.25, 0.3) is 0 Å². The lowest BCUT2D eigenvalue weighted by molar-refractivity contribution is -0.121. The molecule has 84 valence electrons. The minimum Gasteiger partial charge on any atom is -0.389 e. The number of methoxy groups -OCH3 is 1. The van der Waals surface area contributed by atoms with Crippen molar-refractivity contribution in [3.8, 4) is 0 Å². The number of hydrogen-bond donors (Lipinski definition) is 2. The van der Waals surface area contributed by atoms with Crippen LogP contribution in [0.2, 0.25) is 0 Å². The standard InChI is InChI=1S/C9H20N2O3/c1-7(9(10)13)4-11(2)5-8(12)6-14-3/h7-8,12H,4-6H2,1-3H3,(H2,10,13). The molecule has 14 heavy (non-hydrogen) atoms. The van der Waals surface area contributed by atoms with Gasteiger partial charge in [0.15, 0.2) is 0 Å². The van der Waals surface area contributed by atoms with E-state index in [0.29, 0.717) is 19.7 Å². The Kier molecular flexibility index (Phi) is 6.44. The van der Waals surface area contributed by atoms with E-state index >= 15 is 0 Å². The summed E-state index contributed by atoms with van der Waals surface area (Å²) in [5.74, 6) is -0.521. The number of aliphatic hydroxyl groups is 1. The van der Waals surface area contributed by atoms with E-state index in [1.165, 1.54) is 7.11 Å². The Labute approximate surface area is 84.8 Å². The molecule has 0 aromatic rings. The van der Waals surface area contributed by atoms with E-state index in [1.54, 1.807) is 6.92 Å². The highest BCUT2D eigenvalue weighted by molar-refractivity contribution is 5.76. The van der Waals surface area contributed by atoms with Gasteiger partial charge < -0.3 is 20.5 Å². The Morgan fingerprint density at radius 3 is 2.57 bits per heavy atom. The van der Waals surface area contributed by atoms with Crippen molar-refractivity contribution in [1.82, 2.24) is 4.90 Å². The summed E-state index contributed by atoms with van der Waals surface area (Å²) in [5, 5.41) is 9.39. The minimum absolute atomic E-state index is 0.199. The van der Waals surface area contributed by atoms with Crippen molar-refractivity contribution >= 4 is 5.91 Å². The maximum Gasteiger partial charge on any atom is 0.221 e. The van der Waals surface area contributed by atoms with Gasteiger partial charge in [-0.2, -0.15) is 0 Å². The van der Waals surface area contributed by atoms with E-state index in [1.807, 2.05) is 11.9 Å². The molecule has 0 radical (unpaired) electrons. The van der Waals surface area contributed by atoms with Gasteiger partial charge in [-0.25, -0.2) is 0 Å². The number of hydrogen-bond acceptors (Lipinski definition) is 4. The lowest BCUT2D eigenvalue weighted by Crippen LogP contribution is -2.37. The number of ether oxygens (including phenoxy) is 1. The fourth-order valence-electron chi connectivity index (χ4n) is 1.24. The van der Waals surface area contributed by atoms with E-state index in [9.17, 15) is 9.90 Å². The first-order valence-electron chi connectivity index (χ1n) is 4.62. The zero-order valence-corrected chi connectivity index (χ0v) is 9.06. The van der Waals surface area contributed by atoms with E-state index in [4.69, 9.17) is 10.5 Å². The minimum atomic E-state index is -0.523. The summed E-state index contributed by atoms with van der Waals surface area (Å²) in [7, 11) is 3.37. The van der Waals surface area contributed by atoms with Crippen molar-refractivity contribution in [2.24, 2.45) is 11.7 Å². The summed E-state index contributed by atoms with van der Waals surface area (Å²) in [6, 6.07) is 0. The summed E-state index contributed by atoms with van der Waals surface area (Å²) >= 11 is 0. The molecule has 0 aromatic heterocycles. The second kappa shape index (κ2) is 6.75. The first-order chi connectivity index (χ1) is 6.47. The average Bonchev–Trinajstić information content (AvgIpc) is 2.03. The Bertz CT molecular complexity index is 175. The van der Waals surface area contributed by atoms with Crippen molar-refractivity contribution in [2.45, 2.75) is 13.0 Å². The third-order valence-electron chi connectivity index (χ3n) is 1.95. The van der Waals surface area contributed by atoms with E-state index < -0.39 is 6.10 Å². The van der Waals surface area contributed by atoms with Crippen molar-refractivity contribution in [3.63, 3.8) is 0 Å². The molecule has 0 heterocycles. The molecule has 0 aliphatic carbocycles. The zero-order valence-electron chi connectivity index (χ0n) is 9.06. The summed E-state index contributed by atoms with van der Waals surface area (Å²) in [6.45, 7) is 3.10. The number of rotatable bonds is 7. The molecule has 2 unspecified atom stereocenters. The number of carbonyl (C=O) groups excluding carboxylic acids is 1. The molecule has 0 bridgehead atoms. The Balaban J connectivity index is 3.74. The number of likely N-dealkylation sites (N-methyl/N-ethyl adjacent to an activating group) is 1. The van der Waals surface area contributed by atoms with Crippen LogP contribution in [0.5, 0.6) is 0 Å². The van der Waals surface area contributed by atoms with Crippen LogP contribution >= 0.6 is 0 Å². The first-order valence-corrected chi connectivity index (χ1v) is 4.62. The number of nitrogens with two attached hydrogens (primary N) is 1. The fraction of sp³-hybridized carbons (Fsp3) is 0.889. The molecule has 0 spiro atoms. The van der Waals surface area contributed by atoms with Gasteiger partial charge in [-0.05, 0) is 7.05 Å². The number of aliphatic hydroxyl groups excluding tert-OH is 1. The molecule has 0 saturated heterocycles. The molecule has 5 heteroatoms. The van der Waals surface area contributed by atoms with Crippen LogP contribution in [0.1, 0.15) is 6.92 Å². The summed E-state index contributed by atoms with van der Waals surface area (Å²) in [6.07, 6.45) is -0.523. The van der Waals surface area contributed by atoms with Crippen molar-refractivity contribution in [2.75, 3.05) is 33.9 Å². The van der Waals surface area contributed by atoms with Crippen LogP contribution in [0, 0.1) is 5.92 Å². The SMILES string of the molecule is COCC(O)CN(C)CC(C)C(N)=O. The van der Waals surface area contributed by atoms with Gasteiger partial charge in [-0.15, -0.1) is 0 Å². The second-order valence-corrected chi connectivity index (χ2v) is 3.63. The van der Waals surface area contributed by atoms with Gasteiger partial charge in [0.05, 0.1) is 12.7 Å². The summed E-state index contributed by atoms with van der Waals surface area (Å²) in [5.41, 5.74) is 5.12. The van der Waals surface area contributed by atoms with Gasteiger partial charge >= 0.3 is 0 Å². The molecule has 0 aliphatic rings. The Morgan fingerprint density at radius 2 is 2.14 bits per heavy atom. The molecule has 0 aromatic carbocycles. The third-order valence-corrected chi connectivity index (χ3v) is 1.95. The van der Waals surface area contributed by atoms with Crippen molar-refractivity contribution < 1.29 is 14.6 Å². The van der Waals surface area contributed by atoms with Crippen LogP contribution in [0.4, 0.5) is 0 Å². The molecular weight excluding hydrogens is 184 g/mol. The predicted octanol–water partition coefficient (Wildman–Crippen LogP) is -0.953. The molecular formula is C9H20N2O3. The van der Waals surface area contributed by atoms with Crippen LogP contribution in [-0.4, -0.2) is 55.9 Å². The highest BCUT2D eigenvalue weighted by atomic mass is 16.5. The van der Waals surface area contributed by atoms with Gasteiger partial charge in [0, 0.05) is 26.1 Å². The zero-order chi connectivity index (χ0) is 11.1. The number of carbonyl (C=O) groups is 1. The number of nitrogens with zero attached hydrogens (tertiary/aromatic N) is 1. The molecule has 3 N–H and O–H groups in total. The summed E-state index contributed by atoms with van der Waals surface area (Å²) < 4.78 is 4.79. The maximum atomic E-state index is 10.8. The monoisotopic (exact) mass is 204 g/mol. The van der Waals surface area contributed by atoms with Gasteiger partial charge in [-0.1, -0.05) is 6.92 Å². The molecule has 0 fully saturated rings. The molecule has 0 saturated carbocycles. The molecule has 0 rings (SSSR count). The highest BCUT2D eigenvalue weighted by Gasteiger charge is 2.14. The highest BCUT2D eigenvalue weighted by Crippen LogP contribution is 1.98. The maximum absolute atomic E-state index is 10.8. The number of primary amides is 1. The first kappa shape index (κ1) is 13.4. The lowest BCUT2D eigenvalue weighted by atomic mass is 10.1. The van der Waals surface area contributed by atoms with Crippen LogP contribution in [-0.2, 0) is 9.53 Å². The largest absolute Gasteiger partial charge is 0.389 e. The van der Waals surface area contributed by atoms with Crippen molar-refractivity contribution in [1.29, 1.82) is 0 Å². The van der Waals surface area contributed by atoms with Gasteiger partial charge in [0.1, 0.15) is 0 Å². The van der Waals surface area contributed by atoms with Gasteiger partial charge in [-0.3, -0.25) is 4.79 Å². The van der Waals surface area contributed by atoms with E-state index in [0.717, 1.165) is 0 Å². The number of amides is 1. The molecule has 1 amide bonds. The molecule has 0 aliphatic heterocycles. The summed E-state index contributed by atoms with van der Waals surface area (Å²) in [4.78, 5) is 12.6. The topological polar surface area (TPSA) is 75.8 Å². The van der Waals surface area contributed by atoms with Crippen LogP contribution < -0.4 is 5.73 Å². The van der Waals surface area contributed by atoms with Crippen LogP contribution in [0.25, 0.3) is 0 Å². The third kappa shape index (κ3) is 5.90. The van der Waals surface area contributed by atoms with E-state index in [2.05, 4.69) is 0 Å². The Morgan fingerprint density at radius 1 is 1.57 bits per heavy atom. The predicted molar refractivity (Wildman–Crippen MR) is 53.7 cm³/mol. The Hall–Kier alpha value is -0.650. The normalized spacial score (nSPS) is 15.5. The lowest BCUT2D eigenvalue weighted by Gasteiger charge is -2.22. The van der Waals surface area contributed by atoms with Crippen LogP contribution in [0.3, 0.4) is 0 Å². The van der Waals surface area contributed by atoms with Crippen molar-refractivity contribution in [3.05, 3.63) is 0 Å². The van der Waals surface area contributed by atoms with Crippen LogP contribution in [0.15, 0.2) is 0 Å². The van der Waals surface area contributed by atoms with Gasteiger partial charge in [0.2, 0.25) is 5.91 Å². The second-order valence-electron chi connectivity index (χ2n) is 3.63.